The summed E-state index contributed by atoms with van der Waals surface area (Å²) < 4.78 is 43.1. The summed E-state index contributed by atoms with van der Waals surface area (Å²) in [6.07, 6.45) is -2.80. The van der Waals surface area contributed by atoms with Crippen molar-refractivity contribution in [2.75, 3.05) is 11.9 Å². The predicted molar refractivity (Wildman–Crippen MR) is 67.5 cm³/mol. The van der Waals surface area contributed by atoms with Crippen molar-refractivity contribution in [3.8, 4) is 0 Å². The van der Waals surface area contributed by atoms with Gasteiger partial charge in [-0.15, -0.1) is 0 Å². The van der Waals surface area contributed by atoms with Gasteiger partial charge in [0.05, 0.1) is 22.7 Å². The largest absolute Gasteiger partial charge is 0.417 e. The number of aromatic nitrogens is 1. The van der Waals surface area contributed by atoms with E-state index in [-0.39, 0.29) is 29.0 Å². The number of hydrogen-bond donors (Lipinski definition) is 2. The van der Waals surface area contributed by atoms with Crippen molar-refractivity contribution in [2.45, 2.75) is 30.8 Å². The molecule has 2 fully saturated rings. The first-order chi connectivity index (χ1) is 9.38. The normalized spacial score (nSPS) is 32.6. The van der Waals surface area contributed by atoms with Crippen molar-refractivity contribution >= 4 is 17.4 Å². The third-order valence-corrected chi connectivity index (χ3v) is 4.21. The lowest BCUT2D eigenvalue weighted by molar-refractivity contribution is -0.137. The van der Waals surface area contributed by atoms with Crippen molar-refractivity contribution < 1.29 is 17.9 Å². The highest BCUT2D eigenvalue weighted by Gasteiger charge is 2.52. The van der Waals surface area contributed by atoms with E-state index in [2.05, 4.69) is 10.3 Å². The number of rotatable bonds is 2. The fourth-order valence-electron chi connectivity index (χ4n) is 2.78. The molecule has 0 aromatic carbocycles. The summed E-state index contributed by atoms with van der Waals surface area (Å²) in [6.45, 7) is 0.662. The van der Waals surface area contributed by atoms with Gasteiger partial charge in [-0.05, 0) is 12.5 Å². The highest BCUT2D eigenvalue weighted by atomic mass is 35.5. The second-order valence-electron chi connectivity index (χ2n) is 5.09. The molecular formula is C12H13ClF3N3O. The van der Waals surface area contributed by atoms with Gasteiger partial charge in [0.15, 0.2) is 0 Å². The van der Waals surface area contributed by atoms with Crippen LogP contribution in [0.3, 0.4) is 0 Å². The van der Waals surface area contributed by atoms with Crippen LogP contribution in [0.2, 0.25) is 5.02 Å². The van der Waals surface area contributed by atoms with E-state index in [0.717, 1.165) is 18.7 Å². The number of ether oxygens (including phenoxy) is 1. The molecule has 1 aliphatic carbocycles. The molecule has 1 aliphatic heterocycles. The Hall–Kier alpha value is -1.05. The fraction of sp³-hybridized carbons (Fsp3) is 0.583. The average molecular weight is 308 g/mol. The van der Waals surface area contributed by atoms with Crippen LogP contribution in [0.5, 0.6) is 0 Å². The summed E-state index contributed by atoms with van der Waals surface area (Å²) in [6, 6.07) is 0.598. The van der Waals surface area contributed by atoms with Crippen LogP contribution in [-0.4, -0.2) is 29.8 Å². The Bertz CT molecular complexity index is 525. The molecule has 110 valence electrons. The van der Waals surface area contributed by atoms with E-state index in [1.54, 1.807) is 0 Å². The molecule has 1 aromatic rings. The summed E-state index contributed by atoms with van der Waals surface area (Å²) in [5.41, 5.74) is 5.14. The Morgan fingerprint density at radius 2 is 2.20 bits per heavy atom. The molecule has 20 heavy (non-hydrogen) atoms. The van der Waals surface area contributed by atoms with Gasteiger partial charge in [0, 0.05) is 24.8 Å². The van der Waals surface area contributed by atoms with Crippen LogP contribution in [-0.2, 0) is 10.9 Å². The van der Waals surface area contributed by atoms with Crippen LogP contribution in [0, 0.1) is 5.92 Å². The van der Waals surface area contributed by atoms with Gasteiger partial charge >= 0.3 is 6.18 Å². The first kappa shape index (κ1) is 13.9. The molecule has 1 saturated heterocycles. The van der Waals surface area contributed by atoms with Gasteiger partial charge in [-0.1, -0.05) is 11.6 Å². The lowest BCUT2D eigenvalue weighted by atomic mass is 9.72. The molecule has 2 aliphatic rings. The number of pyridine rings is 1. The lowest BCUT2D eigenvalue weighted by Gasteiger charge is -2.45. The van der Waals surface area contributed by atoms with Crippen LogP contribution in [0.4, 0.5) is 19.0 Å². The van der Waals surface area contributed by atoms with E-state index in [4.69, 9.17) is 22.1 Å². The number of hydrogen-bond acceptors (Lipinski definition) is 4. The van der Waals surface area contributed by atoms with E-state index in [0.29, 0.717) is 12.5 Å². The van der Waals surface area contributed by atoms with Gasteiger partial charge in [0.1, 0.15) is 5.82 Å². The quantitative estimate of drug-likeness (QED) is 0.880. The number of halogens is 4. The van der Waals surface area contributed by atoms with Crippen molar-refractivity contribution in [2.24, 2.45) is 11.7 Å². The van der Waals surface area contributed by atoms with Gasteiger partial charge in [-0.25, -0.2) is 4.98 Å². The number of alkyl halides is 3. The van der Waals surface area contributed by atoms with E-state index < -0.39 is 11.7 Å². The standard InChI is InChI=1S/C12H13ClF3N3O/c13-7-3-5(12(14,15)16)4-18-11(7)19-9-8(17)6-1-2-20-10(6)9/h3-4,6,8-10H,1-2,17H2,(H,18,19). The highest BCUT2D eigenvalue weighted by Crippen LogP contribution is 2.40. The molecule has 4 nitrogen and oxygen atoms in total. The van der Waals surface area contributed by atoms with Crippen LogP contribution >= 0.6 is 11.6 Å². The second-order valence-corrected chi connectivity index (χ2v) is 5.49. The van der Waals surface area contributed by atoms with Crippen LogP contribution < -0.4 is 11.1 Å². The van der Waals surface area contributed by atoms with Gasteiger partial charge in [0.25, 0.3) is 0 Å². The number of nitrogens with two attached hydrogens (primary N) is 1. The SMILES string of the molecule is NC1C2CCOC2C1Nc1ncc(C(F)(F)F)cc1Cl. The number of fused-ring (bicyclic) bond motifs is 1. The predicted octanol–water partition coefficient (Wildman–Crippen LogP) is 2.28. The average Bonchev–Trinajstić information content (AvgIpc) is 2.80. The second kappa shape index (κ2) is 4.75. The maximum atomic E-state index is 12.5. The minimum atomic E-state index is -4.46. The molecule has 2 heterocycles. The Morgan fingerprint density at radius 3 is 2.85 bits per heavy atom. The Labute approximate surface area is 118 Å². The van der Waals surface area contributed by atoms with E-state index >= 15 is 0 Å². The third-order valence-electron chi connectivity index (χ3n) is 3.92. The third kappa shape index (κ3) is 2.23. The molecule has 0 spiro atoms. The summed E-state index contributed by atoms with van der Waals surface area (Å²) in [5.74, 6) is 0.509. The van der Waals surface area contributed by atoms with Crippen molar-refractivity contribution in [1.29, 1.82) is 0 Å². The molecule has 1 aromatic heterocycles. The monoisotopic (exact) mass is 307 g/mol. The number of nitrogens with one attached hydrogen (secondary N) is 1. The van der Waals surface area contributed by atoms with Crippen molar-refractivity contribution in [3.63, 3.8) is 0 Å². The van der Waals surface area contributed by atoms with Crippen LogP contribution in [0.25, 0.3) is 0 Å². The van der Waals surface area contributed by atoms with Gasteiger partial charge in [-0.3, -0.25) is 0 Å². The van der Waals surface area contributed by atoms with Crippen molar-refractivity contribution in [3.05, 3.63) is 22.8 Å². The van der Waals surface area contributed by atoms with E-state index in [1.165, 1.54) is 0 Å². The summed E-state index contributed by atoms with van der Waals surface area (Å²) in [5, 5.41) is 2.91. The Kier molecular flexibility index (Phi) is 3.30. The molecule has 0 radical (unpaired) electrons. The smallest absolute Gasteiger partial charge is 0.376 e. The maximum Gasteiger partial charge on any atom is 0.417 e. The molecule has 3 rings (SSSR count). The molecule has 0 bridgehead atoms. The zero-order valence-electron chi connectivity index (χ0n) is 10.3. The van der Waals surface area contributed by atoms with Gasteiger partial charge < -0.3 is 15.8 Å². The molecule has 8 heteroatoms. The number of nitrogens with zero attached hydrogens (tertiary/aromatic N) is 1. The van der Waals surface area contributed by atoms with Gasteiger partial charge in [-0.2, -0.15) is 13.2 Å². The summed E-state index contributed by atoms with van der Waals surface area (Å²) in [7, 11) is 0. The molecule has 4 atom stereocenters. The first-order valence-corrected chi connectivity index (χ1v) is 6.62. The van der Waals surface area contributed by atoms with Crippen molar-refractivity contribution in [1.82, 2.24) is 4.98 Å². The minimum absolute atomic E-state index is 0.00911. The Balaban J connectivity index is 1.75. The Morgan fingerprint density at radius 1 is 1.45 bits per heavy atom. The van der Waals surface area contributed by atoms with Crippen LogP contribution in [0.1, 0.15) is 12.0 Å². The summed E-state index contributed by atoms with van der Waals surface area (Å²) in [4.78, 5) is 3.74. The first-order valence-electron chi connectivity index (χ1n) is 6.24. The zero-order chi connectivity index (χ0) is 14.5. The maximum absolute atomic E-state index is 12.5. The highest BCUT2D eigenvalue weighted by molar-refractivity contribution is 6.33. The molecule has 0 amide bonds. The van der Waals surface area contributed by atoms with E-state index in [9.17, 15) is 13.2 Å². The fourth-order valence-corrected chi connectivity index (χ4v) is 3.01. The molecule has 3 N–H and O–H groups in total. The molecular weight excluding hydrogens is 295 g/mol. The molecule has 1 saturated carbocycles. The zero-order valence-corrected chi connectivity index (χ0v) is 11.1. The minimum Gasteiger partial charge on any atom is -0.376 e. The topological polar surface area (TPSA) is 60.2 Å². The van der Waals surface area contributed by atoms with E-state index in [1.807, 2.05) is 0 Å². The van der Waals surface area contributed by atoms with Crippen LogP contribution in [0.15, 0.2) is 12.3 Å². The summed E-state index contributed by atoms with van der Waals surface area (Å²) >= 11 is 5.84. The molecule has 4 unspecified atom stereocenters. The van der Waals surface area contributed by atoms with Gasteiger partial charge in [0.2, 0.25) is 0 Å². The number of anilines is 1. The lowest BCUT2D eigenvalue weighted by Crippen LogP contribution is -2.65.